The van der Waals surface area contributed by atoms with Crippen molar-refractivity contribution in [2.75, 3.05) is 0 Å². The molecule has 0 unspecified atom stereocenters. The molecule has 1 N–H and O–H groups in total. The zero-order valence-electron chi connectivity index (χ0n) is 7.02. The van der Waals surface area contributed by atoms with Crippen LogP contribution < -0.4 is 0 Å². The lowest BCUT2D eigenvalue weighted by Crippen LogP contribution is -1.77. The third kappa shape index (κ3) is 1.24. The molecule has 0 fully saturated rings. The first kappa shape index (κ1) is 8.73. The van der Waals surface area contributed by atoms with Crippen LogP contribution in [0.1, 0.15) is 15.2 Å². The van der Waals surface area contributed by atoms with Gasteiger partial charge >= 0.3 is 0 Å². The zero-order chi connectivity index (χ0) is 10.1. The van der Waals surface area contributed by atoms with Crippen LogP contribution in [0.3, 0.4) is 0 Å². The molecule has 2 aromatic rings. The smallest absolute Gasteiger partial charge is 0.150 e. The molecule has 2 rings (SSSR count). The molecule has 68 valence electrons. The number of phenols is 1. The Bertz CT molecular complexity index is 551. The molecule has 0 aliphatic rings. The van der Waals surface area contributed by atoms with Crippen LogP contribution in [-0.2, 0) is 0 Å². The lowest BCUT2D eigenvalue weighted by Gasteiger charge is -1.95. The van der Waals surface area contributed by atoms with Crippen LogP contribution in [0, 0.1) is 11.3 Å². The van der Waals surface area contributed by atoms with Gasteiger partial charge in [-0.3, -0.25) is 4.79 Å². The van der Waals surface area contributed by atoms with E-state index in [1.54, 1.807) is 12.1 Å². The Morgan fingerprint density at radius 2 is 2.21 bits per heavy atom. The summed E-state index contributed by atoms with van der Waals surface area (Å²) >= 11 is 1.22. The molecular formula is C10H5NO2S. The van der Waals surface area contributed by atoms with Crippen molar-refractivity contribution in [3.8, 4) is 11.8 Å². The quantitative estimate of drug-likeness (QED) is 0.723. The molecule has 1 aromatic heterocycles. The highest BCUT2D eigenvalue weighted by Gasteiger charge is 2.07. The highest BCUT2D eigenvalue weighted by atomic mass is 32.1. The van der Waals surface area contributed by atoms with Crippen molar-refractivity contribution in [1.82, 2.24) is 0 Å². The van der Waals surface area contributed by atoms with Crippen molar-refractivity contribution >= 4 is 27.7 Å². The summed E-state index contributed by atoms with van der Waals surface area (Å²) in [6.07, 6.45) is 0.670. The van der Waals surface area contributed by atoms with Crippen LogP contribution in [0.2, 0.25) is 0 Å². The van der Waals surface area contributed by atoms with Gasteiger partial charge in [-0.2, -0.15) is 5.26 Å². The predicted octanol–water partition coefficient (Wildman–Crippen LogP) is 2.29. The predicted molar refractivity (Wildman–Crippen MR) is 53.6 cm³/mol. The highest BCUT2D eigenvalue weighted by Crippen LogP contribution is 2.33. The van der Waals surface area contributed by atoms with Gasteiger partial charge in [0.05, 0.1) is 4.70 Å². The van der Waals surface area contributed by atoms with Gasteiger partial charge in [-0.25, -0.2) is 0 Å². The van der Waals surface area contributed by atoms with Gasteiger partial charge in [-0.15, -0.1) is 11.3 Å². The van der Waals surface area contributed by atoms with Crippen molar-refractivity contribution < 1.29 is 9.90 Å². The Morgan fingerprint density at radius 1 is 1.43 bits per heavy atom. The van der Waals surface area contributed by atoms with E-state index < -0.39 is 0 Å². The average Bonchev–Trinajstić information content (AvgIpc) is 2.61. The third-order valence-corrected chi connectivity index (χ3v) is 2.94. The van der Waals surface area contributed by atoms with Gasteiger partial charge in [0.15, 0.2) is 0 Å². The van der Waals surface area contributed by atoms with Crippen molar-refractivity contribution in [2.45, 2.75) is 0 Å². The number of carbonyl (C=O) groups excluding carboxylic acids is 1. The molecule has 4 heteroatoms. The minimum atomic E-state index is 0.0519. The van der Waals surface area contributed by atoms with Gasteiger partial charge in [0, 0.05) is 5.56 Å². The van der Waals surface area contributed by atoms with Gasteiger partial charge in [0.25, 0.3) is 0 Å². The van der Waals surface area contributed by atoms with Gasteiger partial charge in [-0.05, 0) is 23.6 Å². The lowest BCUT2D eigenvalue weighted by atomic mass is 10.1. The Morgan fingerprint density at radius 3 is 2.86 bits per heavy atom. The van der Waals surface area contributed by atoms with E-state index in [1.807, 2.05) is 6.07 Å². The second kappa shape index (κ2) is 3.13. The molecule has 0 amide bonds. The van der Waals surface area contributed by atoms with E-state index in [0.717, 1.165) is 5.39 Å². The van der Waals surface area contributed by atoms with Crippen LogP contribution in [0.15, 0.2) is 18.2 Å². The number of aldehydes is 1. The second-order valence-corrected chi connectivity index (χ2v) is 3.85. The molecule has 14 heavy (non-hydrogen) atoms. The van der Waals surface area contributed by atoms with Crippen molar-refractivity contribution in [3.63, 3.8) is 0 Å². The minimum absolute atomic E-state index is 0.0519. The molecule has 0 bridgehead atoms. The Hall–Kier alpha value is -1.86. The van der Waals surface area contributed by atoms with E-state index in [1.165, 1.54) is 17.4 Å². The number of nitriles is 1. The van der Waals surface area contributed by atoms with Crippen molar-refractivity contribution in [1.29, 1.82) is 5.26 Å². The normalized spacial score (nSPS) is 9.93. The molecule has 1 heterocycles. The van der Waals surface area contributed by atoms with E-state index in [2.05, 4.69) is 0 Å². The summed E-state index contributed by atoms with van der Waals surface area (Å²) in [5.41, 5.74) is 0.414. The maximum Gasteiger partial charge on any atom is 0.150 e. The number of carbonyl (C=O) groups is 1. The number of nitrogens with zero attached hydrogens (tertiary/aromatic N) is 1. The van der Waals surface area contributed by atoms with Crippen molar-refractivity contribution in [2.24, 2.45) is 0 Å². The largest absolute Gasteiger partial charge is 0.506 e. The molecule has 0 spiro atoms. The van der Waals surface area contributed by atoms with E-state index in [9.17, 15) is 9.90 Å². The SMILES string of the molecule is N#Cc1cc2cc(C=O)cc(O)c2s1. The average molecular weight is 203 g/mol. The number of benzene rings is 1. The molecule has 0 aliphatic carbocycles. The number of hydrogen-bond donors (Lipinski definition) is 1. The number of hydrogen-bond acceptors (Lipinski definition) is 4. The van der Waals surface area contributed by atoms with Gasteiger partial charge in [0.2, 0.25) is 0 Å². The zero-order valence-corrected chi connectivity index (χ0v) is 7.84. The molecule has 0 atom stereocenters. The minimum Gasteiger partial charge on any atom is -0.506 e. The topological polar surface area (TPSA) is 61.1 Å². The first-order valence-corrected chi connectivity index (χ1v) is 4.68. The Balaban J connectivity index is 2.81. The standard InChI is InChI=1S/C10H5NO2S/c11-4-8-3-7-1-6(5-12)2-9(13)10(7)14-8/h1-3,5,13H. The first-order valence-electron chi connectivity index (χ1n) is 3.86. The van der Waals surface area contributed by atoms with Gasteiger partial charge < -0.3 is 5.11 Å². The number of fused-ring (bicyclic) bond motifs is 1. The molecular weight excluding hydrogens is 198 g/mol. The van der Waals surface area contributed by atoms with Gasteiger partial charge in [-0.1, -0.05) is 0 Å². The summed E-state index contributed by atoms with van der Waals surface area (Å²) in [6.45, 7) is 0. The van der Waals surface area contributed by atoms with Crippen LogP contribution in [-0.4, -0.2) is 11.4 Å². The van der Waals surface area contributed by atoms with E-state index >= 15 is 0 Å². The molecule has 0 radical (unpaired) electrons. The lowest BCUT2D eigenvalue weighted by molar-refractivity contribution is 0.112. The molecule has 1 aromatic carbocycles. The molecule has 3 nitrogen and oxygen atoms in total. The molecule has 0 saturated carbocycles. The Kier molecular flexibility index (Phi) is 1.95. The summed E-state index contributed by atoms with van der Waals surface area (Å²) in [7, 11) is 0. The van der Waals surface area contributed by atoms with E-state index in [-0.39, 0.29) is 5.75 Å². The summed E-state index contributed by atoms with van der Waals surface area (Å²) in [4.78, 5) is 11.0. The maximum absolute atomic E-state index is 10.5. The number of phenolic OH excluding ortho intramolecular Hbond substituents is 1. The first-order chi connectivity index (χ1) is 6.74. The fourth-order valence-electron chi connectivity index (χ4n) is 1.28. The summed E-state index contributed by atoms with van der Waals surface area (Å²) in [6, 6.07) is 6.71. The fourth-order valence-corrected chi connectivity index (χ4v) is 2.13. The monoisotopic (exact) mass is 203 g/mol. The molecule has 0 aliphatic heterocycles. The maximum atomic E-state index is 10.5. The fraction of sp³-hybridized carbons (Fsp3) is 0. The summed E-state index contributed by atoms with van der Waals surface area (Å²) in [5, 5.41) is 18.9. The highest BCUT2D eigenvalue weighted by molar-refractivity contribution is 7.19. The Labute approximate surface area is 83.8 Å². The van der Waals surface area contributed by atoms with Crippen LogP contribution in [0.5, 0.6) is 5.75 Å². The van der Waals surface area contributed by atoms with Gasteiger partial charge in [0.1, 0.15) is 23.0 Å². The number of thiophene rings is 1. The number of aromatic hydroxyl groups is 1. The van der Waals surface area contributed by atoms with E-state index in [4.69, 9.17) is 5.26 Å². The summed E-state index contributed by atoms with van der Waals surface area (Å²) < 4.78 is 0.646. The molecule has 0 saturated heterocycles. The van der Waals surface area contributed by atoms with E-state index in [0.29, 0.717) is 21.4 Å². The summed E-state index contributed by atoms with van der Waals surface area (Å²) in [5.74, 6) is 0.0519. The van der Waals surface area contributed by atoms with Crippen molar-refractivity contribution in [3.05, 3.63) is 28.6 Å². The van der Waals surface area contributed by atoms with Crippen LogP contribution in [0.25, 0.3) is 10.1 Å². The van der Waals surface area contributed by atoms with Crippen LogP contribution >= 0.6 is 11.3 Å². The third-order valence-electron chi connectivity index (χ3n) is 1.87. The number of rotatable bonds is 1. The second-order valence-electron chi connectivity index (χ2n) is 2.80. The van der Waals surface area contributed by atoms with Crippen LogP contribution in [0.4, 0.5) is 0 Å².